The third kappa shape index (κ3) is 4.63. The van der Waals surface area contributed by atoms with Crippen LogP contribution in [-0.2, 0) is 23.8 Å². The highest BCUT2D eigenvalue weighted by molar-refractivity contribution is 5.86. The molecule has 23 heavy (non-hydrogen) atoms. The second-order valence-corrected chi connectivity index (χ2v) is 5.62. The number of carbonyl (C=O) groups is 2. The normalized spacial score (nSPS) is 26.0. The molecule has 0 aromatic carbocycles. The van der Waals surface area contributed by atoms with Crippen LogP contribution in [0.3, 0.4) is 0 Å². The van der Waals surface area contributed by atoms with Gasteiger partial charge in [-0.25, -0.2) is 4.79 Å². The fourth-order valence-corrected chi connectivity index (χ4v) is 2.51. The molecule has 0 spiro atoms. The molecule has 128 valence electrons. The van der Waals surface area contributed by atoms with Crippen molar-refractivity contribution in [1.29, 1.82) is 0 Å². The van der Waals surface area contributed by atoms with Gasteiger partial charge >= 0.3 is 11.9 Å². The molecule has 0 radical (unpaired) electrons. The number of rotatable bonds is 6. The Bertz CT molecular complexity index is 527. The number of methoxy groups -OCH3 is 1. The van der Waals surface area contributed by atoms with Crippen molar-refractivity contribution >= 4 is 11.9 Å². The van der Waals surface area contributed by atoms with E-state index in [0.717, 1.165) is 6.42 Å². The number of carbonyl (C=O) groups excluding carboxylic acids is 2. The molecule has 0 aliphatic carbocycles. The van der Waals surface area contributed by atoms with Gasteiger partial charge < -0.3 is 14.2 Å². The van der Waals surface area contributed by atoms with Crippen molar-refractivity contribution < 1.29 is 23.8 Å². The van der Waals surface area contributed by atoms with Gasteiger partial charge in [0.1, 0.15) is 12.2 Å². The van der Waals surface area contributed by atoms with Gasteiger partial charge in [0.2, 0.25) is 5.76 Å². The lowest BCUT2D eigenvalue weighted by Gasteiger charge is -2.39. The molecule has 1 unspecified atom stereocenters. The van der Waals surface area contributed by atoms with Crippen LogP contribution in [0.4, 0.5) is 0 Å². The van der Waals surface area contributed by atoms with E-state index in [1.807, 2.05) is 20.8 Å². The van der Waals surface area contributed by atoms with E-state index in [-0.39, 0.29) is 17.6 Å². The predicted molar refractivity (Wildman–Crippen MR) is 82.1 cm³/mol. The van der Waals surface area contributed by atoms with Gasteiger partial charge in [-0.1, -0.05) is 25.9 Å². The lowest BCUT2D eigenvalue weighted by molar-refractivity contribution is -0.165. The van der Waals surface area contributed by atoms with Gasteiger partial charge in [0.05, 0.1) is 13.2 Å². The van der Waals surface area contributed by atoms with E-state index in [0.29, 0.717) is 0 Å². The number of azide groups is 1. The average molecular weight is 325 g/mol. The summed E-state index contributed by atoms with van der Waals surface area (Å²) in [6.07, 6.45) is 1.03. The topological polar surface area (TPSA) is 111 Å². The first kappa shape index (κ1) is 18.8. The molecule has 0 saturated carbocycles. The summed E-state index contributed by atoms with van der Waals surface area (Å²) in [5, 5.41) is 3.70. The molecular formula is C15H23N3O5. The predicted octanol–water partition coefficient (Wildman–Crippen LogP) is 2.73. The zero-order valence-electron chi connectivity index (χ0n) is 14.1. The lowest BCUT2D eigenvalue weighted by atomic mass is 9.84. The highest BCUT2D eigenvalue weighted by Gasteiger charge is 2.42. The average Bonchev–Trinajstić information content (AvgIpc) is 2.53. The first-order valence-corrected chi connectivity index (χ1v) is 7.53. The minimum absolute atomic E-state index is 0.00932. The summed E-state index contributed by atoms with van der Waals surface area (Å²) in [6, 6.07) is -0.588. The van der Waals surface area contributed by atoms with Crippen LogP contribution in [0.1, 0.15) is 34.1 Å². The summed E-state index contributed by atoms with van der Waals surface area (Å²) in [7, 11) is 1.24. The Labute approximate surface area is 135 Å². The zero-order chi connectivity index (χ0) is 17.6. The third-order valence-electron chi connectivity index (χ3n) is 4.04. The third-order valence-corrected chi connectivity index (χ3v) is 4.04. The molecule has 0 bridgehead atoms. The molecule has 0 aromatic rings. The van der Waals surface area contributed by atoms with Crippen LogP contribution in [0, 0.1) is 11.8 Å². The van der Waals surface area contributed by atoms with Gasteiger partial charge in [-0.05, 0) is 23.9 Å². The Hall–Kier alpha value is -2.21. The fraction of sp³-hybridized carbons (Fsp3) is 0.733. The minimum atomic E-state index is -0.661. The van der Waals surface area contributed by atoms with E-state index in [1.165, 1.54) is 20.1 Å². The highest BCUT2D eigenvalue weighted by atomic mass is 16.6. The maximum atomic E-state index is 11.8. The van der Waals surface area contributed by atoms with Crippen molar-refractivity contribution in [3.63, 3.8) is 0 Å². The summed E-state index contributed by atoms with van der Waals surface area (Å²) in [5.41, 5.74) is 8.73. The first-order valence-electron chi connectivity index (χ1n) is 7.53. The lowest BCUT2D eigenvalue weighted by Crippen LogP contribution is -2.47. The van der Waals surface area contributed by atoms with Crippen molar-refractivity contribution in [2.75, 3.05) is 7.11 Å². The second kappa shape index (κ2) is 8.43. The summed E-state index contributed by atoms with van der Waals surface area (Å²) in [6.45, 7) is 7.05. The molecule has 0 N–H and O–H groups in total. The van der Waals surface area contributed by atoms with Crippen LogP contribution in [0.25, 0.3) is 10.4 Å². The number of nitrogens with zero attached hydrogens (tertiary/aromatic N) is 3. The van der Waals surface area contributed by atoms with Crippen LogP contribution >= 0.6 is 0 Å². The summed E-state index contributed by atoms with van der Waals surface area (Å²) >= 11 is 0. The Morgan fingerprint density at radius 1 is 1.52 bits per heavy atom. The van der Waals surface area contributed by atoms with E-state index in [9.17, 15) is 9.59 Å². The number of esters is 2. The van der Waals surface area contributed by atoms with Gasteiger partial charge in [0.25, 0.3) is 0 Å². The molecule has 1 aliphatic heterocycles. The Kier molecular flexibility index (Phi) is 6.90. The quantitative estimate of drug-likeness (QED) is 0.323. The molecule has 0 fully saturated rings. The van der Waals surface area contributed by atoms with E-state index >= 15 is 0 Å². The largest absolute Gasteiger partial charge is 0.479 e. The van der Waals surface area contributed by atoms with Gasteiger partial charge in [0.15, 0.2) is 0 Å². The SMILES string of the molecule is CC[C@@H](C)[C@@H](OC(C)=O)C1OC(C(=O)OC)=C[C@@H](N=[N+]=[N-])[C@H]1C. The molecule has 1 rings (SSSR count). The molecule has 0 amide bonds. The van der Waals surface area contributed by atoms with Gasteiger partial charge in [-0.15, -0.1) is 0 Å². The molecule has 0 aromatic heterocycles. The van der Waals surface area contributed by atoms with Crippen LogP contribution in [0.5, 0.6) is 0 Å². The molecule has 8 nitrogen and oxygen atoms in total. The summed E-state index contributed by atoms with van der Waals surface area (Å²) < 4.78 is 15.8. The standard InChI is InChI=1S/C15H23N3O5/c1-6-8(2)13(22-10(4)19)14-9(3)11(17-18-16)7-12(23-14)15(20)21-5/h7-9,11,13-14H,6H2,1-5H3/t8-,9-,11-,13-,14?/m1/s1. The summed E-state index contributed by atoms with van der Waals surface area (Å²) in [4.78, 5) is 26.0. The second-order valence-electron chi connectivity index (χ2n) is 5.62. The minimum Gasteiger partial charge on any atom is -0.479 e. The number of ether oxygens (including phenoxy) is 3. The van der Waals surface area contributed by atoms with Crippen LogP contribution < -0.4 is 0 Å². The molecule has 8 heteroatoms. The van der Waals surface area contributed by atoms with Crippen molar-refractivity contribution in [2.24, 2.45) is 17.0 Å². The number of hydrogen-bond acceptors (Lipinski definition) is 6. The molecule has 1 aliphatic rings. The van der Waals surface area contributed by atoms with Gasteiger partial charge in [-0.2, -0.15) is 0 Å². The van der Waals surface area contributed by atoms with Crippen molar-refractivity contribution in [1.82, 2.24) is 0 Å². The van der Waals surface area contributed by atoms with E-state index in [4.69, 9.17) is 15.0 Å². The van der Waals surface area contributed by atoms with E-state index in [1.54, 1.807) is 0 Å². The molecule has 0 saturated heterocycles. The van der Waals surface area contributed by atoms with Gasteiger partial charge in [0, 0.05) is 17.8 Å². The van der Waals surface area contributed by atoms with Gasteiger partial charge in [-0.3, -0.25) is 4.79 Å². The van der Waals surface area contributed by atoms with Crippen LogP contribution in [-0.4, -0.2) is 37.3 Å². The molecule has 5 atom stereocenters. The highest BCUT2D eigenvalue weighted by Crippen LogP contribution is 2.33. The maximum Gasteiger partial charge on any atom is 0.372 e. The Morgan fingerprint density at radius 2 is 2.17 bits per heavy atom. The van der Waals surface area contributed by atoms with E-state index < -0.39 is 30.2 Å². The van der Waals surface area contributed by atoms with Crippen LogP contribution in [0.2, 0.25) is 0 Å². The smallest absolute Gasteiger partial charge is 0.372 e. The van der Waals surface area contributed by atoms with Crippen molar-refractivity contribution in [3.8, 4) is 0 Å². The Morgan fingerprint density at radius 3 is 2.65 bits per heavy atom. The summed E-state index contributed by atoms with van der Waals surface area (Å²) in [5.74, 6) is -1.38. The first-order chi connectivity index (χ1) is 10.8. The van der Waals surface area contributed by atoms with Crippen molar-refractivity contribution in [3.05, 3.63) is 22.3 Å². The molecule has 1 heterocycles. The van der Waals surface area contributed by atoms with Crippen molar-refractivity contribution in [2.45, 2.75) is 52.4 Å². The zero-order valence-corrected chi connectivity index (χ0v) is 14.1. The fourth-order valence-electron chi connectivity index (χ4n) is 2.51. The van der Waals surface area contributed by atoms with E-state index in [2.05, 4.69) is 14.8 Å². The maximum absolute atomic E-state index is 11.8. The number of hydrogen-bond donors (Lipinski definition) is 0. The van der Waals surface area contributed by atoms with Crippen LogP contribution in [0.15, 0.2) is 16.9 Å². The molecular weight excluding hydrogens is 302 g/mol. The monoisotopic (exact) mass is 325 g/mol. The Balaban J connectivity index is 3.20.